The minimum absolute atomic E-state index is 0.0230. The van der Waals surface area contributed by atoms with E-state index in [1.165, 1.54) is 0 Å². The van der Waals surface area contributed by atoms with Crippen molar-refractivity contribution in [3.05, 3.63) is 23.2 Å². The highest BCUT2D eigenvalue weighted by atomic mass is 35.5. The fourth-order valence-electron chi connectivity index (χ4n) is 5.99. The quantitative estimate of drug-likeness (QED) is 0.857. The lowest BCUT2D eigenvalue weighted by molar-refractivity contribution is -0.177. The first-order chi connectivity index (χ1) is 12.5. The number of ether oxygens (including phenoxy) is 1. The van der Waals surface area contributed by atoms with Crippen molar-refractivity contribution >= 4 is 17.7 Å². The summed E-state index contributed by atoms with van der Waals surface area (Å²) in [7, 11) is 0. The maximum atomic E-state index is 12.7. The number of carbonyl (C=O) groups excluding carboxylic acids is 1. The summed E-state index contributed by atoms with van der Waals surface area (Å²) in [5, 5.41) is 11.2. The Hall–Kier alpha value is -1.40. The summed E-state index contributed by atoms with van der Waals surface area (Å²) in [4.78, 5) is 23.1. The minimum atomic E-state index is -0.496. The molecule has 140 valence electrons. The first-order valence-electron chi connectivity index (χ1n) is 9.64. The fraction of sp³-hybridized carbons (Fsp3) is 0.737. The summed E-state index contributed by atoms with van der Waals surface area (Å²) < 4.78 is 5.97. The molecule has 2 heterocycles. The molecule has 0 spiro atoms. The molecule has 4 saturated carbocycles. The molecule has 6 rings (SSSR count). The van der Waals surface area contributed by atoms with E-state index in [1.807, 2.05) is 0 Å². The van der Waals surface area contributed by atoms with Crippen LogP contribution in [-0.4, -0.2) is 50.9 Å². The summed E-state index contributed by atoms with van der Waals surface area (Å²) in [6.45, 7) is 1.26. The molecule has 1 aromatic rings. The number of carbonyl (C=O) groups is 1. The van der Waals surface area contributed by atoms with Crippen molar-refractivity contribution in [3.63, 3.8) is 0 Å². The van der Waals surface area contributed by atoms with Gasteiger partial charge in [-0.1, -0.05) is 11.6 Å². The molecule has 5 fully saturated rings. The maximum absolute atomic E-state index is 12.7. The van der Waals surface area contributed by atoms with Crippen LogP contribution in [0.4, 0.5) is 4.79 Å². The molecule has 6 nitrogen and oxygen atoms in total. The molecule has 1 saturated heterocycles. The summed E-state index contributed by atoms with van der Waals surface area (Å²) in [6, 6.07) is 0. The molecular weight excluding hydrogens is 354 g/mol. The number of halogens is 1. The first-order valence-corrected chi connectivity index (χ1v) is 10.0. The number of likely N-dealkylation sites (tertiary alicyclic amines) is 1. The third-order valence-corrected chi connectivity index (χ3v) is 7.04. The predicted octanol–water partition coefficient (Wildman–Crippen LogP) is 3.00. The molecule has 7 heteroatoms. The molecule has 1 aliphatic heterocycles. The number of hydrogen-bond acceptors (Lipinski definition) is 5. The van der Waals surface area contributed by atoms with Gasteiger partial charge < -0.3 is 14.7 Å². The van der Waals surface area contributed by atoms with Gasteiger partial charge in [0.15, 0.2) is 0 Å². The van der Waals surface area contributed by atoms with Gasteiger partial charge in [0.05, 0.1) is 10.6 Å². The fourth-order valence-corrected chi connectivity index (χ4v) is 6.09. The Kier molecular flexibility index (Phi) is 3.90. The van der Waals surface area contributed by atoms with Crippen LogP contribution in [0, 0.1) is 17.8 Å². The Morgan fingerprint density at radius 1 is 1.23 bits per heavy atom. The van der Waals surface area contributed by atoms with Gasteiger partial charge in [0, 0.05) is 31.4 Å². The van der Waals surface area contributed by atoms with E-state index in [4.69, 9.17) is 16.3 Å². The van der Waals surface area contributed by atoms with Crippen LogP contribution in [0.25, 0.3) is 0 Å². The normalized spacial score (nSPS) is 40.8. The van der Waals surface area contributed by atoms with E-state index in [-0.39, 0.29) is 18.1 Å². The smallest absolute Gasteiger partial charge is 0.410 e. The largest absolute Gasteiger partial charge is 0.446 e. The van der Waals surface area contributed by atoms with Crippen molar-refractivity contribution in [3.8, 4) is 0 Å². The standard InChI is InChI=1S/C19H24ClN3O3/c20-15-8-21-17(22-9-15)12-1-2-23(10-12)18(24)26-16-13-3-11-4-14(16)7-19(25,5-11)6-13/h8-9,11-14,16,25H,1-7,10H2/t11?,12?,13?,14?,16-,19-. The van der Waals surface area contributed by atoms with Crippen LogP contribution in [-0.2, 0) is 4.74 Å². The molecule has 5 aliphatic rings. The molecule has 1 amide bonds. The van der Waals surface area contributed by atoms with Gasteiger partial charge in [-0.2, -0.15) is 0 Å². The summed E-state index contributed by atoms with van der Waals surface area (Å²) in [5.74, 6) is 2.15. The van der Waals surface area contributed by atoms with Crippen LogP contribution in [0.1, 0.15) is 50.3 Å². The molecule has 3 atom stereocenters. The second-order valence-electron chi connectivity index (χ2n) is 8.73. The van der Waals surface area contributed by atoms with Crippen LogP contribution in [0.15, 0.2) is 12.4 Å². The van der Waals surface area contributed by atoms with Crippen molar-refractivity contribution in [2.45, 2.75) is 56.1 Å². The van der Waals surface area contributed by atoms with Crippen molar-refractivity contribution < 1.29 is 14.6 Å². The zero-order valence-electron chi connectivity index (χ0n) is 14.7. The van der Waals surface area contributed by atoms with E-state index in [2.05, 4.69) is 9.97 Å². The molecule has 1 N–H and O–H groups in total. The van der Waals surface area contributed by atoms with Crippen LogP contribution in [0.3, 0.4) is 0 Å². The van der Waals surface area contributed by atoms with Gasteiger partial charge >= 0.3 is 6.09 Å². The third kappa shape index (κ3) is 2.87. The summed E-state index contributed by atoms with van der Waals surface area (Å²) in [5.41, 5.74) is -0.496. The van der Waals surface area contributed by atoms with E-state index in [9.17, 15) is 9.90 Å². The summed E-state index contributed by atoms with van der Waals surface area (Å²) in [6.07, 6.45) is 8.52. The number of rotatable bonds is 2. The number of nitrogens with zero attached hydrogens (tertiary/aromatic N) is 3. The van der Waals surface area contributed by atoms with Crippen LogP contribution >= 0.6 is 11.6 Å². The van der Waals surface area contributed by atoms with E-state index < -0.39 is 5.60 Å². The van der Waals surface area contributed by atoms with Gasteiger partial charge in [-0.25, -0.2) is 14.8 Å². The van der Waals surface area contributed by atoms with Gasteiger partial charge in [-0.05, 0) is 56.3 Å². The topological polar surface area (TPSA) is 75.6 Å². The monoisotopic (exact) mass is 377 g/mol. The second kappa shape index (κ2) is 6.06. The van der Waals surface area contributed by atoms with Gasteiger partial charge in [-0.15, -0.1) is 0 Å². The zero-order valence-corrected chi connectivity index (χ0v) is 15.4. The lowest BCUT2D eigenvalue weighted by atomic mass is 9.53. The molecular formula is C19H24ClN3O3. The van der Waals surface area contributed by atoms with Crippen LogP contribution < -0.4 is 0 Å². The van der Waals surface area contributed by atoms with Crippen molar-refractivity contribution in [1.29, 1.82) is 0 Å². The van der Waals surface area contributed by atoms with Gasteiger partial charge in [0.25, 0.3) is 0 Å². The summed E-state index contributed by atoms with van der Waals surface area (Å²) >= 11 is 5.85. The Balaban J connectivity index is 1.22. The highest BCUT2D eigenvalue weighted by Gasteiger charge is 2.56. The Bertz CT molecular complexity index is 696. The van der Waals surface area contributed by atoms with Crippen LogP contribution in [0.2, 0.25) is 5.02 Å². The van der Waals surface area contributed by atoms with Crippen molar-refractivity contribution in [2.24, 2.45) is 17.8 Å². The number of hydrogen-bond donors (Lipinski definition) is 1. The van der Waals surface area contributed by atoms with Gasteiger partial charge in [0.2, 0.25) is 0 Å². The average Bonchev–Trinajstić information content (AvgIpc) is 3.07. The molecule has 3 unspecified atom stereocenters. The number of aromatic nitrogens is 2. The van der Waals surface area contributed by atoms with Crippen LogP contribution in [0.5, 0.6) is 0 Å². The molecule has 0 radical (unpaired) electrons. The van der Waals surface area contributed by atoms with E-state index in [0.717, 1.165) is 44.3 Å². The molecule has 4 aliphatic carbocycles. The highest BCUT2D eigenvalue weighted by Crippen LogP contribution is 2.56. The van der Waals surface area contributed by atoms with Crippen molar-refractivity contribution in [1.82, 2.24) is 14.9 Å². The molecule has 26 heavy (non-hydrogen) atoms. The van der Waals surface area contributed by atoms with E-state index in [1.54, 1.807) is 17.3 Å². The minimum Gasteiger partial charge on any atom is -0.446 e. The Morgan fingerprint density at radius 2 is 1.92 bits per heavy atom. The average molecular weight is 378 g/mol. The molecule has 1 aromatic heterocycles. The number of amides is 1. The first kappa shape index (κ1) is 16.8. The second-order valence-corrected chi connectivity index (χ2v) is 9.17. The Morgan fingerprint density at radius 3 is 2.58 bits per heavy atom. The molecule has 0 aromatic carbocycles. The SMILES string of the molecule is O=C(O[C@H]1C2CC3CC1C[C@](O)(C3)C2)N1CCC(c2ncc(Cl)cn2)C1. The zero-order chi connectivity index (χ0) is 17.9. The number of aliphatic hydroxyl groups is 1. The van der Waals surface area contributed by atoms with E-state index >= 15 is 0 Å². The Labute approximate surface area is 157 Å². The van der Waals surface area contributed by atoms with E-state index in [0.29, 0.717) is 35.9 Å². The highest BCUT2D eigenvalue weighted by molar-refractivity contribution is 6.30. The van der Waals surface area contributed by atoms with Gasteiger partial charge in [0.1, 0.15) is 11.9 Å². The van der Waals surface area contributed by atoms with Gasteiger partial charge in [-0.3, -0.25) is 0 Å². The molecule has 4 bridgehead atoms. The lowest BCUT2D eigenvalue weighted by Gasteiger charge is -2.57. The predicted molar refractivity (Wildman–Crippen MR) is 94.7 cm³/mol. The third-order valence-electron chi connectivity index (χ3n) is 6.84. The lowest BCUT2D eigenvalue weighted by Crippen LogP contribution is -2.58. The van der Waals surface area contributed by atoms with Crippen molar-refractivity contribution in [2.75, 3.05) is 13.1 Å². The maximum Gasteiger partial charge on any atom is 0.410 e.